The van der Waals surface area contributed by atoms with Crippen LogP contribution in [0, 0.1) is 0 Å². The summed E-state index contributed by atoms with van der Waals surface area (Å²) in [5.41, 5.74) is 0. The third kappa shape index (κ3) is 7.54. The molecule has 128 valence electrons. The molecule has 1 rings (SSSR count). The van der Waals surface area contributed by atoms with E-state index in [1.54, 1.807) is 43.3 Å². The molecule has 0 unspecified atom stereocenters. The van der Waals surface area contributed by atoms with E-state index in [1.165, 1.54) is 0 Å². The second-order valence-corrected chi connectivity index (χ2v) is 5.22. The maximum atomic E-state index is 11.8. The number of carbonyl (C=O) groups excluding carboxylic acids is 2. The van der Waals surface area contributed by atoms with Crippen molar-refractivity contribution in [3.8, 4) is 11.5 Å². The Morgan fingerprint density at radius 1 is 1.17 bits per heavy atom. The average Bonchev–Trinajstić information content (AvgIpc) is 2.57. The molecule has 0 aliphatic rings. The molecular formula is C17H26N2O4. The number of amides is 2. The number of methoxy groups -OCH3 is 1. The van der Waals surface area contributed by atoms with Gasteiger partial charge in [-0.3, -0.25) is 9.59 Å². The fraction of sp³-hybridized carbons (Fsp3) is 0.529. The Labute approximate surface area is 137 Å². The Morgan fingerprint density at radius 2 is 1.83 bits per heavy atom. The third-order valence-corrected chi connectivity index (χ3v) is 3.34. The van der Waals surface area contributed by atoms with Crippen LogP contribution in [-0.2, 0) is 9.59 Å². The molecule has 6 heteroatoms. The second kappa shape index (κ2) is 10.5. The van der Waals surface area contributed by atoms with Gasteiger partial charge in [-0.15, -0.1) is 0 Å². The summed E-state index contributed by atoms with van der Waals surface area (Å²) < 4.78 is 10.6. The van der Waals surface area contributed by atoms with Crippen LogP contribution in [0.1, 0.15) is 26.2 Å². The summed E-state index contributed by atoms with van der Waals surface area (Å²) in [6, 6.07) is 7.21. The first-order valence-electron chi connectivity index (χ1n) is 7.84. The minimum atomic E-state index is -0.281. The van der Waals surface area contributed by atoms with Gasteiger partial charge in [-0.05, 0) is 30.7 Å². The van der Waals surface area contributed by atoms with E-state index in [4.69, 9.17) is 9.47 Å². The quantitative estimate of drug-likeness (QED) is 0.527. The van der Waals surface area contributed by atoms with Crippen LogP contribution >= 0.6 is 0 Å². The Bertz CT molecular complexity index is 488. The number of hydrogen-bond acceptors (Lipinski definition) is 4. The number of ether oxygens (including phenoxy) is 2. The van der Waals surface area contributed by atoms with Crippen molar-refractivity contribution in [3.63, 3.8) is 0 Å². The van der Waals surface area contributed by atoms with E-state index in [1.807, 2.05) is 0 Å². The predicted octanol–water partition coefficient (Wildman–Crippen LogP) is 1.84. The van der Waals surface area contributed by atoms with Crippen molar-refractivity contribution in [2.24, 2.45) is 0 Å². The molecule has 0 saturated carbocycles. The molecule has 0 aliphatic heterocycles. The van der Waals surface area contributed by atoms with Crippen LogP contribution in [0.4, 0.5) is 0 Å². The number of carbonyl (C=O) groups is 2. The van der Waals surface area contributed by atoms with Gasteiger partial charge < -0.3 is 19.7 Å². The van der Waals surface area contributed by atoms with Crippen LogP contribution < -0.4 is 14.8 Å². The number of nitrogens with one attached hydrogen (secondary N) is 1. The highest BCUT2D eigenvalue weighted by Crippen LogP contribution is 2.16. The van der Waals surface area contributed by atoms with Gasteiger partial charge in [0.15, 0.2) is 0 Å². The van der Waals surface area contributed by atoms with Crippen molar-refractivity contribution in [1.82, 2.24) is 10.2 Å². The Morgan fingerprint density at radius 3 is 2.43 bits per heavy atom. The van der Waals surface area contributed by atoms with Crippen LogP contribution in [0.15, 0.2) is 24.3 Å². The normalized spacial score (nSPS) is 10.0. The summed E-state index contributed by atoms with van der Waals surface area (Å²) >= 11 is 0. The van der Waals surface area contributed by atoms with E-state index in [9.17, 15) is 9.59 Å². The van der Waals surface area contributed by atoms with Crippen molar-refractivity contribution >= 4 is 11.8 Å². The standard InChI is InChI=1S/C17H26N2O4/c1-4-5-11-19(2)17(21)13-16(20)18-10-12-23-15-8-6-14(22-3)7-9-15/h6-9H,4-5,10-13H2,1-3H3,(H,18,20). The molecule has 0 aromatic heterocycles. The lowest BCUT2D eigenvalue weighted by molar-refractivity contribution is -0.135. The van der Waals surface area contributed by atoms with Crippen LogP contribution in [-0.4, -0.2) is 50.6 Å². The summed E-state index contributed by atoms with van der Waals surface area (Å²) in [6.07, 6.45) is 1.84. The summed E-state index contributed by atoms with van der Waals surface area (Å²) in [5, 5.41) is 2.68. The molecule has 0 fully saturated rings. The third-order valence-electron chi connectivity index (χ3n) is 3.34. The average molecular weight is 322 g/mol. The van der Waals surface area contributed by atoms with Gasteiger partial charge in [-0.25, -0.2) is 0 Å². The minimum absolute atomic E-state index is 0.122. The van der Waals surface area contributed by atoms with E-state index < -0.39 is 0 Å². The first-order valence-corrected chi connectivity index (χ1v) is 7.84. The molecule has 0 saturated heterocycles. The van der Waals surface area contributed by atoms with Gasteiger partial charge in [-0.2, -0.15) is 0 Å². The molecule has 2 amide bonds. The first kappa shape index (κ1) is 18.8. The van der Waals surface area contributed by atoms with Crippen LogP contribution in [0.25, 0.3) is 0 Å². The highest BCUT2D eigenvalue weighted by atomic mass is 16.5. The lowest BCUT2D eigenvalue weighted by atomic mass is 10.3. The van der Waals surface area contributed by atoms with Gasteiger partial charge in [-0.1, -0.05) is 13.3 Å². The zero-order valence-corrected chi connectivity index (χ0v) is 14.1. The molecule has 0 radical (unpaired) electrons. The zero-order valence-electron chi connectivity index (χ0n) is 14.1. The van der Waals surface area contributed by atoms with Crippen LogP contribution in [0.3, 0.4) is 0 Å². The topological polar surface area (TPSA) is 67.9 Å². The first-order chi connectivity index (χ1) is 11.1. The van der Waals surface area contributed by atoms with Crippen molar-refractivity contribution in [1.29, 1.82) is 0 Å². The smallest absolute Gasteiger partial charge is 0.231 e. The fourth-order valence-corrected chi connectivity index (χ4v) is 1.89. The number of rotatable bonds is 10. The van der Waals surface area contributed by atoms with Gasteiger partial charge in [0.1, 0.15) is 24.5 Å². The Hall–Kier alpha value is -2.24. The van der Waals surface area contributed by atoms with E-state index in [0.717, 1.165) is 18.6 Å². The molecule has 23 heavy (non-hydrogen) atoms. The van der Waals surface area contributed by atoms with E-state index >= 15 is 0 Å². The molecule has 0 bridgehead atoms. The maximum Gasteiger partial charge on any atom is 0.231 e. The van der Waals surface area contributed by atoms with Gasteiger partial charge in [0.2, 0.25) is 11.8 Å². The molecule has 1 aromatic rings. The van der Waals surface area contributed by atoms with Gasteiger partial charge in [0, 0.05) is 13.6 Å². The highest BCUT2D eigenvalue weighted by Gasteiger charge is 2.13. The van der Waals surface area contributed by atoms with Crippen molar-refractivity contribution < 1.29 is 19.1 Å². The number of nitrogens with zero attached hydrogens (tertiary/aromatic N) is 1. The van der Waals surface area contributed by atoms with E-state index in [0.29, 0.717) is 25.4 Å². The minimum Gasteiger partial charge on any atom is -0.497 e. The van der Waals surface area contributed by atoms with Crippen molar-refractivity contribution in [2.45, 2.75) is 26.2 Å². The lowest BCUT2D eigenvalue weighted by Gasteiger charge is -2.16. The monoisotopic (exact) mass is 322 g/mol. The molecule has 0 spiro atoms. The van der Waals surface area contributed by atoms with E-state index in [-0.39, 0.29) is 18.2 Å². The largest absolute Gasteiger partial charge is 0.497 e. The number of benzene rings is 1. The van der Waals surface area contributed by atoms with Crippen LogP contribution in [0.5, 0.6) is 11.5 Å². The number of hydrogen-bond donors (Lipinski definition) is 1. The van der Waals surface area contributed by atoms with Gasteiger partial charge in [0.05, 0.1) is 13.7 Å². The van der Waals surface area contributed by atoms with E-state index in [2.05, 4.69) is 12.2 Å². The molecule has 0 aliphatic carbocycles. The van der Waals surface area contributed by atoms with Gasteiger partial charge in [0.25, 0.3) is 0 Å². The molecule has 1 N–H and O–H groups in total. The SMILES string of the molecule is CCCCN(C)C(=O)CC(=O)NCCOc1ccc(OC)cc1. The van der Waals surface area contributed by atoms with Crippen LogP contribution in [0.2, 0.25) is 0 Å². The number of unbranched alkanes of at least 4 members (excludes halogenated alkanes) is 1. The maximum absolute atomic E-state index is 11.8. The van der Waals surface area contributed by atoms with Crippen molar-refractivity contribution in [2.75, 3.05) is 33.9 Å². The molecular weight excluding hydrogens is 296 g/mol. The highest BCUT2D eigenvalue weighted by molar-refractivity contribution is 5.96. The molecule has 6 nitrogen and oxygen atoms in total. The molecule has 0 heterocycles. The van der Waals surface area contributed by atoms with Crippen molar-refractivity contribution in [3.05, 3.63) is 24.3 Å². The fourth-order valence-electron chi connectivity index (χ4n) is 1.89. The van der Waals surface area contributed by atoms with Gasteiger partial charge >= 0.3 is 0 Å². The predicted molar refractivity (Wildman–Crippen MR) is 88.7 cm³/mol. The molecule has 1 aromatic carbocycles. The summed E-state index contributed by atoms with van der Waals surface area (Å²) in [5.74, 6) is 1.02. The zero-order chi connectivity index (χ0) is 17.1. The second-order valence-electron chi connectivity index (χ2n) is 5.22. The Balaban J connectivity index is 2.19. The molecule has 0 atom stereocenters. The summed E-state index contributed by atoms with van der Waals surface area (Å²) in [7, 11) is 3.32. The lowest BCUT2D eigenvalue weighted by Crippen LogP contribution is -2.35. The summed E-state index contributed by atoms with van der Waals surface area (Å²) in [6.45, 7) is 3.45. The Kier molecular flexibility index (Phi) is 8.57. The summed E-state index contributed by atoms with van der Waals surface area (Å²) in [4.78, 5) is 25.1.